The topological polar surface area (TPSA) is 48.1 Å². The van der Waals surface area contributed by atoms with Crippen LogP contribution >= 0.6 is 0 Å². The van der Waals surface area contributed by atoms with E-state index in [0.29, 0.717) is 11.8 Å². The highest BCUT2D eigenvalue weighted by atomic mass is 19.1. The van der Waals surface area contributed by atoms with Gasteiger partial charge in [0.2, 0.25) is 0 Å². The Morgan fingerprint density at radius 3 is 2.62 bits per heavy atom. The number of nitrogens with zero attached hydrogens (tertiary/aromatic N) is 1. The van der Waals surface area contributed by atoms with E-state index in [4.69, 9.17) is 10.5 Å². The van der Waals surface area contributed by atoms with Gasteiger partial charge in [0.05, 0.1) is 11.9 Å². The van der Waals surface area contributed by atoms with Crippen LogP contribution in [0.5, 0.6) is 11.6 Å². The fourth-order valence-corrected chi connectivity index (χ4v) is 1.15. The van der Waals surface area contributed by atoms with Crippen molar-refractivity contribution in [3.05, 3.63) is 48.2 Å². The molecule has 1 aromatic carbocycles. The lowest BCUT2D eigenvalue weighted by Crippen LogP contribution is -1.96. The molecule has 2 rings (SSSR count). The van der Waals surface area contributed by atoms with Crippen molar-refractivity contribution in [3.8, 4) is 11.6 Å². The van der Waals surface area contributed by atoms with Gasteiger partial charge in [0.25, 0.3) is 5.88 Å². The van der Waals surface area contributed by atoms with E-state index >= 15 is 0 Å². The van der Waals surface area contributed by atoms with Crippen LogP contribution in [-0.4, -0.2) is 4.98 Å². The molecular formula is C11H8F2N2O. The molecule has 16 heavy (non-hydrogen) atoms. The van der Waals surface area contributed by atoms with E-state index in [-0.39, 0.29) is 11.6 Å². The Balaban J connectivity index is 2.31. The van der Waals surface area contributed by atoms with Gasteiger partial charge in [-0.15, -0.1) is 0 Å². The summed E-state index contributed by atoms with van der Waals surface area (Å²) in [5, 5.41) is 0. The predicted molar refractivity (Wildman–Crippen MR) is 55.1 cm³/mol. The van der Waals surface area contributed by atoms with E-state index in [1.807, 2.05) is 0 Å². The van der Waals surface area contributed by atoms with Crippen molar-refractivity contribution in [2.75, 3.05) is 5.73 Å². The molecule has 1 heterocycles. The smallest absolute Gasteiger partial charge is 0.256 e. The number of hydrogen-bond donors (Lipinski definition) is 1. The quantitative estimate of drug-likeness (QED) is 0.795. The zero-order valence-corrected chi connectivity index (χ0v) is 8.15. The second-order valence-corrected chi connectivity index (χ2v) is 3.08. The number of benzene rings is 1. The number of ether oxygens (including phenoxy) is 1. The number of rotatable bonds is 2. The van der Waals surface area contributed by atoms with Crippen LogP contribution in [0, 0.1) is 11.6 Å². The summed E-state index contributed by atoms with van der Waals surface area (Å²) < 4.78 is 30.9. The Bertz CT molecular complexity index is 517. The van der Waals surface area contributed by atoms with Crippen LogP contribution in [0.3, 0.4) is 0 Å². The average Bonchev–Trinajstić information content (AvgIpc) is 2.25. The molecule has 0 atom stereocenters. The van der Waals surface area contributed by atoms with E-state index in [9.17, 15) is 8.78 Å². The minimum atomic E-state index is -0.872. The van der Waals surface area contributed by atoms with Gasteiger partial charge in [0.15, 0.2) is 11.6 Å². The third-order valence-electron chi connectivity index (χ3n) is 1.90. The Morgan fingerprint density at radius 2 is 1.94 bits per heavy atom. The Labute approximate surface area is 90.5 Å². The Kier molecular flexibility index (Phi) is 2.68. The van der Waals surface area contributed by atoms with Crippen molar-refractivity contribution in [2.24, 2.45) is 0 Å². The van der Waals surface area contributed by atoms with Crippen molar-refractivity contribution in [3.63, 3.8) is 0 Å². The summed E-state index contributed by atoms with van der Waals surface area (Å²) in [7, 11) is 0. The fraction of sp³-hybridized carbons (Fsp3) is 0. The summed E-state index contributed by atoms with van der Waals surface area (Å²) in [5.74, 6) is -1.66. The van der Waals surface area contributed by atoms with Gasteiger partial charge in [0, 0.05) is 6.07 Å². The third-order valence-corrected chi connectivity index (χ3v) is 1.90. The van der Waals surface area contributed by atoms with Crippen LogP contribution in [0.1, 0.15) is 0 Å². The minimum Gasteiger partial charge on any atom is -0.434 e. The molecule has 0 fully saturated rings. The lowest BCUT2D eigenvalue weighted by Gasteiger charge is -2.07. The van der Waals surface area contributed by atoms with Gasteiger partial charge in [-0.3, -0.25) is 0 Å². The largest absolute Gasteiger partial charge is 0.434 e. The van der Waals surface area contributed by atoms with Crippen molar-refractivity contribution >= 4 is 5.69 Å². The summed E-state index contributed by atoms with van der Waals surface area (Å²) in [4.78, 5) is 3.49. The van der Waals surface area contributed by atoms with Crippen LogP contribution in [0.15, 0.2) is 36.5 Å². The lowest BCUT2D eigenvalue weighted by molar-refractivity contribution is 0.418. The number of nitrogens with two attached hydrogens (primary N) is 1. The van der Waals surface area contributed by atoms with Gasteiger partial charge < -0.3 is 10.5 Å². The first-order valence-corrected chi connectivity index (χ1v) is 4.50. The first kappa shape index (κ1) is 10.4. The number of hydrogen-bond acceptors (Lipinski definition) is 3. The molecule has 0 amide bonds. The molecule has 0 saturated carbocycles. The van der Waals surface area contributed by atoms with Crippen LogP contribution < -0.4 is 10.5 Å². The summed E-state index contributed by atoms with van der Waals surface area (Å²) >= 11 is 0. The standard InChI is InChI=1S/C11H8F2N2O/c12-7-5-8(13)11(15-6-7)16-10-4-2-1-3-9(10)14/h1-6H,14H2. The first-order chi connectivity index (χ1) is 7.66. The highest BCUT2D eigenvalue weighted by Crippen LogP contribution is 2.27. The molecule has 5 heteroatoms. The highest BCUT2D eigenvalue weighted by Gasteiger charge is 2.09. The van der Waals surface area contributed by atoms with E-state index in [1.165, 1.54) is 0 Å². The monoisotopic (exact) mass is 222 g/mol. The molecule has 0 aliphatic carbocycles. The van der Waals surface area contributed by atoms with Crippen LogP contribution in [-0.2, 0) is 0 Å². The molecule has 82 valence electrons. The average molecular weight is 222 g/mol. The van der Waals surface area contributed by atoms with Gasteiger partial charge in [-0.25, -0.2) is 13.8 Å². The summed E-state index contributed by atoms with van der Waals surface area (Å²) in [6.07, 6.45) is 0.873. The summed E-state index contributed by atoms with van der Waals surface area (Å²) in [6, 6.07) is 7.28. The Morgan fingerprint density at radius 1 is 1.19 bits per heavy atom. The highest BCUT2D eigenvalue weighted by molar-refractivity contribution is 5.53. The lowest BCUT2D eigenvalue weighted by atomic mass is 10.3. The predicted octanol–water partition coefficient (Wildman–Crippen LogP) is 2.73. The zero-order chi connectivity index (χ0) is 11.5. The molecule has 0 saturated heterocycles. The first-order valence-electron chi connectivity index (χ1n) is 4.50. The molecule has 1 aromatic heterocycles. The molecule has 0 bridgehead atoms. The SMILES string of the molecule is Nc1ccccc1Oc1ncc(F)cc1F. The second-order valence-electron chi connectivity index (χ2n) is 3.08. The molecule has 0 radical (unpaired) electrons. The maximum Gasteiger partial charge on any atom is 0.256 e. The zero-order valence-electron chi connectivity index (χ0n) is 8.15. The maximum absolute atomic E-state index is 13.2. The van der Waals surface area contributed by atoms with Crippen molar-refractivity contribution in [1.29, 1.82) is 0 Å². The van der Waals surface area contributed by atoms with Crippen LogP contribution in [0.25, 0.3) is 0 Å². The van der Waals surface area contributed by atoms with Gasteiger partial charge in [-0.1, -0.05) is 12.1 Å². The number of aromatic nitrogens is 1. The molecule has 2 N–H and O–H groups in total. The Hall–Kier alpha value is -2.17. The number of pyridine rings is 1. The van der Waals surface area contributed by atoms with Gasteiger partial charge in [-0.2, -0.15) is 0 Å². The number of halogens is 2. The molecular weight excluding hydrogens is 214 g/mol. The normalized spacial score (nSPS) is 10.1. The van der Waals surface area contributed by atoms with E-state index in [2.05, 4.69) is 4.98 Å². The number of nitrogen functional groups attached to an aromatic ring is 1. The second kappa shape index (κ2) is 4.14. The third kappa shape index (κ3) is 2.08. The summed E-state index contributed by atoms with van der Waals surface area (Å²) in [5.41, 5.74) is 5.95. The molecule has 0 aliphatic rings. The van der Waals surface area contributed by atoms with E-state index in [0.717, 1.165) is 6.20 Å². The molecule has 3 nitrogen and oxygen atoms in total. The molecule has 0 spiro atoms. The molecule has 2 aromatic rings. The van der Waals surface area contributed by atoms with Crippen molar-refractivity contribution < 1.29 is 13.5 Å². The van der Waals surface area contributed by atoms with E-state index < -0.39 is 11.6 Å². The van der Waals surface area contributed by atoms with E-state index in [1.54, 1.807) is 24.3 Å². The van der Waals surface area contributed by atoms with Gasteiger partial charge >= 0.3 is 0 Å². The van der Waals surface area contributed by atoms with Gasteiger partial charge in [-0.05, 0) is 12.1 Å². The van der Waals surface area contributed by atoms with Crippen LogP contribution in [0.4, 0.5) is 14.5 Å². The number of para-hydroxylation sites is 2. The van der Waals surface area contributed by atoms with Crippen molar-refractivity contribution in [1.82, 2.24) is 4.98 Å². The van der Waals surface area contributed by atoms with Gasteiger partial charge in [0.1, 0.15) is 5.82 Å². The molecule has 0 unspecified atom stereocenters. The maximum atomic E-state index is 13.2. The van der Waals surface area contributed by atoms with Crippen LogP contribution in [0.2, 0.25) is 0 Å². The fourth-order valence-electron chi connectivity index (χ4n) is 1.15. The molecule has 0 aliphatic heterocycles. The number of anilines is 1. The minimum absolute atomic E-state index is 0.278. The summed E-state index contributed by atoms with van der Waals surface area (Å²) in [6.45, 7) is 0. The van der Waals surface area contributed by atoms with Crippen molar-refractivity contribution in [2.45, 2.75) is 0 Å².